The summed E-state index contributed by atoms with van der Waals surface area (Å²) in [6, 6.07) is 9.89. The first-order valence-corrected chi connectivity index (χ1v) is 8.83. The van der Waals surface area contributed by atoms with E-state index in [1.165, 1.54) is 6.20 Å². The Bertz CT molecular complexity index is 845. The molecule has 27 heavy (non-hydrogen) atoms. The number of amides is 2. The van der Waals surface area contributed by atoms with E-state index < -0.39 is 11.5 Å². The van der Waals surface area contributed by atoms with E-state index in [-0.39, 0.29) is 18.2 Å². The molecular formula is C20H21N3O4. The van der Waals surface area contributed by atoms with Crippen LogP contribution in [0.2, 0.25) is 0 Å². The van der Waals surface area contributed by atoms with Crippen LogP contribution in [0.15, 0.2) is 48.8 Å². The quantitative estimate of drug-likeness (QED) is 0.727. The molecule has 1 heterocycles. The van der Waals surface area contributed by atoms with Gasteiger partial charge in [0.25, 0.3) is 11.8 Å². The molecule has 1 aliphatic carbocycles. The fourth-order valence-corrected chi connectivity index (χ4v) is 3.44. The van der Waals surface area contributed by atoms with E-state index in [1.54, 1.807) is 42.6 Å². The van der Waals surface area contributed by atoms with Crippen molar-refractivity contribution in [2.75, 3.05) is 5.32 Å². The van der Waals surface area contributed by atoms with Crippen LogP contribution in [0.1, 0.15) is 52.8 Å². The van der Waals surface area contributed by atoms with Crippen LogP contribution in [0, 0.1) is 0 Å². The van der Waals surface area contributed by atoms with Gasteiger partial charge in [0.2, 0.25) is 0 Å². The SMILES string of the molecule is O=C(O)CC1(NC(=O)c2cccc(NC(=O)c3cccnc3)c2)CCCC1. The van der Waals surface area contributed by atoms with Gasteiger partial charge in [-0.05, 0) is 43.2 Å². The highest BCUT2D eigenvalue weighted by molar-refractivity contribution is 6.05. The van der Waals surface area contributed by atoms with E-state index in [2.05, 4.69) is 15.6 Å². The highest BCUT2D eigenvalue weighted by atomic mass is 16.4. The van der Waals surface area contributed by atoms with Gasteiger partial charge >= 0.3 is 5.97 Å². The molecule has 2 amide bonds. The van der Waals surface area contributed by atoms with Crippen molar-refractivity contribution >= 4 is 23.5 Å². The van der Waals surface area contributed by atoms with Crippen molar-refractivity contribution in [3.05, 3.63) is 59.9 Å². The van der Waals surface area contributed by atoms with Gasteiger partial charge < -0.3 is 15.7 Å². The zero-order valence-corrected chi connectivity index (χ0v) is 14.8. The van der Waals surface area contributed by atoms with Gasteiger partial charge in [-0.1, -0.05) is 18.9 Å². The molecule has 1 aromatic heterocycles. The molecule has 2 aromatic rings. The molecule has 7 nitrogen and oxygen atoms in total. The maximum atomic E-state index is 12.7. The molecule has 7 heteroatoms. The largest absolute Gasteiger partial charge is 0.481 e. The molecular weight excluding hydrogens is 346 g/mol. The number of carboxylic acids is 1. The number of nitrogens with zero attached hydrogens (tertiary/aromatic N) is 1. The van der Waals surface area contributed by atoms with Crippen LogP contribution in [0.3, 0.4) is 0 Å². The van der Waals surface area contributed by atoms with Crippen LogP contribution in [-0.4, -0.2) is 33.4 Å². The van der Waals surface area contributed by atoms with Crippen LogP contribution in [0.25, 0.3) is 0 Å². The van der Waals surface area contributed by atoms with Crippen molar-refractivity contribution in [2.45, 2.75) is 37.6 Å². The van der Waals surface area contributed by atoms with Crippen molar-refractivity contribution in [3.63, 3.8) is 0 Å². The maximum absolute atomic E-state index is 12.7. The topological polar surface area (TPSA) is 108 Å². The minimum atomic E-state index is -0.922. The van der Waals surface area contributed by atoms with E-state index >= 15 is 0 Å². The molecule has 0 bridgehead atoms. The van der Waals surface area contributed by atoms with Crippen LogP contribution in [-0.2, 0) is 4.79 Å². The summed E-state index contributed by atoms with van der Waals surface area (Å²) >= 11 is 0. The molecule has 0 aliphatic heterocycles. The summed E-state index contributed by atoms with van der Waals surface area (Å²) in [6.07, 6.45) is 6.06. The highest BCUT2D eigenvalue weighted by Crippen LogP contribution is 2.33. The number of aromatic nitrogens is 1. The normalized spacial score (nSPS) is 15.1. The molecule has 0 saturated heterocycles. The zero-order chi connectivity index (χ0) is 19.3. The number of anilines is 1. The van der Waals surface area contributed by atoms with Gasteiger partial charge in [-0.25, -0.2) is 0 Å². The standard InChI is InChI=1S/C20H21N3O4/c24-17(25)12-20(8-1-2-9-20)23-19(27)14-5-3-7-16(11-14)22-18(26)15-6-4-10-21-13-15/h3-7,10-11,13H,1-2,8-9,12H2,(H,22,26)(H,23,27)(H,24,25). The Hall–Kier alpha value is -3.22. The minimum absolute atomic E-state index is 0.0871. The van der Waals surface area contributed by atoms with E-state index in [9.17, 15) is 19.5 Å². The Morgan fingerprint density at radius 2 is 1.78 bits per heavy atom. The summed E-state index contributed by atoms with van der Waals surface area (Å²) in [5, 5.41) is 14.8. The van der Waals surface area contributed by atoms with Gasteiger partial charge in [-0.2, -0.15) is 0 Å². The van der Waals surface area contributed by atoms with Gasteiger partial charge in [0.15, 0.2) is 0 Å². The predicted molar refractivity (Wildman–Crippen MR) is 99.6 cm³/mol. The van der Waals surface area contributed by atoms with E-state index in [0.29, 0.717) is 29.7 Å². The van der Waals surface area contributed by atoms with Crippen molar-refractivity contribution in [1.82, 2.24) is 10.3 Å². The highest BCUT2D eigenvalue weighted by Gasteiger charge is 2.37. The molecule has 0 unspecified atom stereocenters. The number of hydrogen-bond donors (Lipinski definition) is 3. The van der Waals surface area contributed by atoms with Gasteiger partial charge in [0, 0.05) is 23.6 Å². The molecule has 140 valence electrons. The van der Waals surface area contributed by atoms with Crippen molar-refractivity contribution in [3.8, 4) is 0 Å². The van der Waals surface area contributed by atoms with Crippen LogP contribution in [0.5, 0.6) is 0 Å². The predicted octanol–water partition coefficient (Wildman–Crippen LogP) is 2.85. The van der Waals surface area contributed by atoms with E-state index in [1.807, 2.05) is 0 Å². The average molecular weight is 367 g/mol. The second-order valence-corrected chi connectivity index (χ2v) is 6.79. The number of benzene rings is 1. The number of carbonyl (C=O) groups excluding carboxylic acids is 2. The summed E-state index contributed by atoms with van der Waals surface area (Å²) in [4.78, 5) is 40.0. The zero-order valence-electron chi connectivity index (χ0n) is 14.8. The lowest BCUT2D eigenvalue weighted by Gasteiger charge is -2.28. The molecule has 0 atom stereocenters. The second-order valence-electron chi connectivity index (χ2n) is 6.79. The Kier molecular flexibility index (Phi) is 5.49. The summed E-state index contributed by atoms with van der Waals surface area (Å²) in [7, 11) is 0. The Morgan fingerprint density at radius 1 is 1.04 bits per heavy atom. The third-order valence-electron chi connectivity index (χ3n) is 4.74. The smallest absolute Gasteiger partial charge is 0.305 e. The molecule has 0 radical (unpaired) electrons. The first-order valence-electron chi connectivity index (χ1n) is 8.83. The summed E-state index contributed by atoms with van der Waals surface area (Å²) in [6.45, 7) is 0. The number of carbonyl (C=O) groups is 3. The Morgan fingerprint density at radius 3 is 2.44 bits per heavy atom. The molecule has 0 spiro atoms. The first kappa shape index (κ1) is 18.6. The fraction of sp³-hybridized carbons (Fsp3) is 0.300. The van der Waals surface area contributed by atoms with E-state index in [4.69, 9.17) is 0 Å². The third kappa shape index (κ3) is 4.69. The molecule has 1 aromatic carbocycles. The van der Waals surface area contributed by atoms with Crippen LogP contribution >= 0.6 is 0 Å². The third-order valence-corrected chi connectivity index (χ3v) is 4.74. The second kappa shape index (κ2) is 7.99. The number of nitrogens with one attached hydrogen (secondary N) is 2. The van der Waals surface area contributed by atoms with Crippen LogP contribution < -0.4 is 10.6 Å². The van der Waals surface area contributed by atoms with Gasteiger partial charge in [-0.15, -0.1) is 0 Å². The molecule has 1 saturated carbocycles. The number of aliphatic carboxylic acids is 1. The number of carboxylic acid groups (broad SMARTS) is 1. The fourth-order valence-electron chi connectivity index (χ4n) is 3.44. The number of hydrogen-bond acceptors (Lipinski definition) is 4. The summed E-state index contributed by atoms with van der Waals surface area (Å²) < 4.78 is 0. The lowest BCUT2D eigenvalue weighted by Crippen LogP contribution is -2.47. The molecule has 3 N–H and O–H groups in total. The van der Waals surface area contributed by atoms with Crippen molar-refractivity contribution in [2.24, 2.45) is 0 Å². The maximum Gasteiger partial charge on any atom is 0.305 e. The van der Waals surface area contributed by atoms with E-state index in [0.717, 1.165) is 12.8 Å². The van der Waals surface area contributed by atoms with Gasteiger partial charge in [-0.3, -0.25) is 19.4 Å². The molecule has 1 aliphatic rings. The minimum Gasteiger partial charge on any atom is -0.481 e. The summed E-state index contributed by atoms with van der Waals surface area (Å²) in [5.41, 5.74) is 0.572. The lowest BCUT2D eigenvalue weighted by molar-refractivity contribution is -0.138. The first-order chi connectivity index (χ1) is 13.0. The molecule has 1 fully saturated rings. The Balaban J connectivity index is 1.72. The van der Waals surface area contributed by atoms with Gasteiger partial charge in [0.05, 0.1) is 17.5 Å². The van der Waals surface area contributed by atoms with Crippen molar-refractivity contribution < 1.29 is 19.5 Å². The molecule has 3 rings (SSSR count). The lowest BCUT2D eigenvalue weighted by atomic mass is 9.92. The monoisotopic (exact) mass is 367 g/mol. The average Bonchev–Trinajstić information content (AvgIpc) is 3.09. The van der Waals surface area contributed by atoms with Gasteiger partial charge in [0.1, 0.15) is 0 Å². The Labute approximate surface area is 156 Å². The summed E-state index contributed by atoms with van der Waals surface area (Å²) in [5.74, 6) is -1.58. The number of rotatable bonds is 6. The number of pyridine rings is 1. The van der Waals surface area contributed by atoms with Crippen molar-refractivity contribution in [1.29, 1.82) is 0 Å². The van der Waals surface area contributed by atoms with Crippen LogP contribution in [0.4, 0.5) is 5.69 Å².